The maximum atomic E-state index is 11.9. The summed E-state index contributed by atoms with van der Waals surface area (Å²) >= 11 is 6.07. The van der Waals surface area contributed by atoms with Crippen molar-refractivity contribution in [3.8, 4) is 0 Å². The van der Waals surface area contributed by atoms with E-state index in [0.717, 1.165) is 12.8 Å². The number of piperidine rings is 1. The minimum atomic E-state index is -0.513. The van der Waals surface area contributed by atoms with Crippen LogP contribution >= 0.6 is 11.6 Å². The van der Waals surface area contributed by atoms with Gasteiger partial charge in [0, 0.05) is 18.6 Å². The van der Waals surface area contributed by atoms with Gasteiger partial charge in [0.05, 0.1) is 11.9 Å². The molecule has 1 aromatic rings. The van der Waals surface area contributed by atoms with Crippen molar-refractivity contribution in [2.75, 3.05) is 11.4 Å². The largest absolute Gasteiger partial charge is 0.444 e. The fourth-order valence-corrected chi connectivity index (χ4v) is 2.91. The number of halogens is 1. The van der Waals surface area contributed by atoms with Gasteiger partial charge >= 0.3 is 6.09 Å². The van der Waals surface area contributed by atoms with Crippen LogP contribution < -0.4 is 15.8 Å². The Bertz CT molecular complexity index is 626. The molecule has 0 aliphatic carbocycles. The van der Waals surface area contributed by atoms with Crippen molar-refractivity contribution in [2.45, 2.75) is 58.2 Å². The Labute approximate surface area is 140 Å². The number of nitrogens with zero attached hydrogens (tertiary/aromatic N) is 2. The van der Waals surface area contributed by atoms with Gasteiger partial charge in [0.15, 0.2) is 0 Å². The van der Waals surface area contributed by atoms with Crippen molar-refractivity contribution in [1.82, 2.24) is 15.5 Å². The number of H-pyrrole nitrogens is 1. The molecule has 0 bridgehead atoms. The zero-order valence-corrected chi connectivity index (χ0v) is 14.6. The summed E-state index contributed by atoms with van der Waals surface area (Å²) in [5.74, 6) is 0. The number of amides is 1. The molecule has 23 heavy (non-hydrogen) atoms. The molecule has 8 heteroatoms. The summed E-state index contributed by atoms with van der Waals surface area (Å²) in [7, 11) is 0. The number of aromatic amines is 1. The molecule has 0 radical (unpaired) electrons. The Balaban J connectivity index is 1.99. The van der Waals surface area contributed by atoms with Crippen molar-refractivity contribution >= 4 is 23.4 Å². The lowest BCUT2D eigenvalue weighted by molar-refractivity contribution is 0.0494. The van der Waals surface area contributed by atoms with Gasteiger partial charge in [-0.25, -0.2) is 9.89 Å². The van der Waals surface area contributed by atoms with Crippen molar-refractivity contribution in [3.63, 3.8) is 0 Å². The molecule has 1 saturated heterocycles. The first-order chi connectivity index (χ1) is 10.7. The van der Waals surface area contributed by atoms with Crippen LogP contribution in [0.4, 0.5) is 10.5 Å². The highest BCUT2D eigenvalue weighted by molar-refractivity contribution is 6.33. The number of ether oxygens (including phenoxy) is 1. The highest BCUT2D eigenvalue weighted by Gasteiger charge is 2.29. The average molecular weight is 343 g/mol. The highest BCUT2D eigenvalue weighted by atomic mass is 35.5. The topological polar surface area (TPSA) is 87.3 Å². The molecule has 0 saturated carbocycles. The van der Waals surface area contributed by atoms with E-state index in [2.05, 4.69) is 15.5 Å². The summed E-state index contributed by atoms with van der Waals surface area (Å²) in [6, 6.07) is 0.148. The number of aromatic nitrogens is 2. The van der Waals surface area contributed by atoms with E-state index in [1.807, 2.05) is 32.6 Å². The molecule has 0 aromatic carbocycles. The van der Waals surface area contributed by atoms with Crippen LogP contribution in [0.25, 0.3) is 0 Å². The van der Waals surface area contributed by atoms with Crippen LogP contribution in [0.15, 0.2) is 11.0 Å². The van der Waals surface area contributed by atoms with Crippen molar-refractivity contribution in [1.29, 1.82) is 0 Å². The Kier molecular flexibility index (Phi) is 5.19. The van der Waals surface area contributed by atoms with Gasteiger partial charge in [-0.3, -0.25) is 4.79 Å². The zero-order chi connectivity index (χ0) is 17.2. The van der Waals surface area contributed by atoms with Gasteiger partial charge in [-0.2, -0.15) is 5.10 Å². The molecule has 1 aliphatic heterocycles. The van der Waals surface area contributed by atoms with Crippen molar-refractivity contribution in [2.24, 2.45) is 0 Å². The molecule has 2 heterocycles. The molecule has 1 fully saturated rings. The molecular weight excluding hydrogens is 320 g/mol. The SMILES string of the molecule is CC1CC(NC(=O)OC(C)(C)C)CCN1c1cn[nH]c(=O)c1Cl. The normalized spacial score (nSPS) is 21.9. The Morgan fingerprint density at radius 3 is 2.83 bits per heavy atom. The third kappa shape index (κ3) is 4.60. The molecule has 1 amide bonds. The third-order valence-corrected chi connectivity index (χ3v) is 4.05. The molecule has 2 atom stereocenters. The minimum absolute atomic E-state index is 0.0323. The van der Waals surface area contributed by atoms with Gasteiger partial charge in [0.25, 0.3) is 5.56 Å². The first-order valence-electron chi connectivity index (χ1n) is 7.66. The molecule has 7 nitrogen and oxygen atoms in total. The summed E-state index contributed by atoms with van der Waals surface area (Å²) in [6.45, 7) is 8.20. The van der Waals surface area contributed by atoms with Gasteiger partial charge < -0.3 is 15.0 Å². The van der Waals surface area contributed by atoms with Gasteiger partial charge in [-0.15, -0.1) is 0 Å². The molecular formula is C15H23ClN4O3. The summed E-state index contributed by atoms with van der Waals surface area (Å²) in [6.07, 6.45) is 2.63. The summed E-state index contributed by atoms with van der Waals surface area (Å²) in [5, 5.41) is 9.17. The van der Waals surface area contributed by atoms with Crippen LogP contribution in [0, 0.1) is 0 Å². The van der Waals surface area contributed by atoms with Crippen LogP contribution in [0.1, 0.15) is 40.5 Å². The monoisotopic (exact) mass is 342 g/mol. The van der Waals surface area contributed by atoms with Gasteiger partial charge in [0.1, 0.15) is 10.6 Å². The number of hydrogen-bond donors (Lipinski definition) is 2. The Morgan fingerprint density at radius 2 is 2.22 bits per heavy atom. The zero-order valence-electron chi connectivity index (χ0n) is 13.9. The summed E-state index contributed by atoms with van der Waals surface area (Å²) in [5.41, 5.74) is -0.287. The van der Waals surface area contributed by atoms with Crippen molar-refractivity contribution < 1.29 is 9.53 Å². The van der Waals surface area contributed by atoms with E-state index in [1.54, 1.807) is 6.20 Å². The minimum Gasteiger partial charge on any atom is -0.444 e. The number of carbonyl (C=O) groups is 1. The lowest BCUT2D eigenvalue weighted by atomic mass is 9.98. The number of nitrogens with one attached hydrogen (secondary N) is 2. The standard InChI is InChI=1S/C15H23ClN4O3/c1-9-7-10(18-14(22)23-15(2,3)4)5-6-20(9)11-8-17-19-13(21)12(11)16/h8-10H,5-7H2,1-4H3,(H,18,22)(H,19,21). The predicted molar refractivity (Wildman–Crippen MR) is 89.1 cm³/mol. The van der Waals surface area contributed by atoms with E-state index in [9.17, 15) is 9.59 Å². The first kappa shape index (κ1) is 17.6. The second-order valence-corrected chi connectivity index (χ2v) is 7.19. The molecule has 2 rings (SSSR count). The van der Waals surface area contributed by atoms with Gasteiger partial charge in [-0.1, -0.05) is 11.6 Å². The number of carbonyl (C=O) groups excluding carboxylic acids is 1. The second kappa shape index (κ2) is 6.78. The smallest absolute Gasteiger partial charge is 0.407 e. The quantitative estimate of drug-likeness (QED) is 0.861. The van der Waals surface area contributed by atoms with Crippen LogP contribution in [0.5, 0.6) is 0 Å². The molecule has 2 N–H and O–H groups in total. The van der Waals surface area contributed by atoms with Crippen LogP contribution in [0.3, 0.4) is 0 Å². The third-order valence-electron chi connectivity index (χ3n) is 3.68. The van der Waals surface area contributed by atoms with E-state index >= 15 is 0 Å². The first-order valence-corrected chi connectivity index (χ1v) is 8.04. The molecule has 2 unspecified atom stereocenters. The van der Waals surface area contributed by atoms with E-state index in [1.165, 1.54) is 0 Å². The number of rotatable bonds is 2. The molecule has 1 aromatic heterocycles. The molecule has 128 valence electrons. The Morgan fingerprint density at radius 1 is 1.52 bits per heavy atom. The number of alkyl carbamates (subject to hydrolysis) is 1. The molecule has 0 spiro atoms. The van der Waals surface area contributed by atoms with Gasteiger partial charge in [0.2, 0.25) is 0 Å². The lowest BCUT2D eigenvalue weighted by Gasteiger charge is -2.39. The second-order valence-electron chi connectivity index (χ2n) is 6.81. The van der Waals surface area contributed by atoms with E-state index < -0.39 is 17.3 Å². The van der Waals surface area contributed by atoms with Crippen LogP contribution in [-0.2, 0) is 4.74 Å². The van der Waals surface area contributed by atoms with Gasteiger partial charge in [-0.05, 0) is 40.5 Å². The predicted octanol–water partition coefficient (Wildman–Crippen LogP) is 2.31. The number of hydrogen-bond acceptors (Lipinski definition) is 5. The fraction of sp³-hybridized carbons (Fsp3) is 0.667. The van der Waals surface area contributed by atoms with Crippen LogP contribution in [-0.4, -0.2) is 40.5 Å². The number of anilines is 1. The van der Waals surface area contributed by atoms with E-state index in [-0.39, 0.29) is 17.1 Å². The highest BCUT2D eigenvalue weighted by Crippen LogP contribution is 2.28. The van der Waals surface area contributed by atoms with Crippen LogP contribution in [0.2, 0.25) is 5.02 Å². The maximum absolute atomic E-state index is 11.9. The lowest BCUT2D eigenvalue weighted by Crippen LogP contribution is -2.50. The fourth-order valence-electron chi connectivity index (χ4n) is 2.71. The maximum Gasteiger partial charge on any atom is 0.407 e. The van der Waals surface area contributed by atoms with E-state index in [0.29, 0.717) is 12.2 Å². The summed E-state index contributed by atoms with van der Waals surface area (Å²) in [4.78, 5) is 25.5. The summed E-state index contributed by atoms with van der Waals surface area (Å²) < 4.78 is 5.28. The molecule has 1 aliphatic rings. The Hall–Kier alpha value is -1.76. The van der Waals surface area contributed by atoms with E-state index in [4.69, 9.17) is 16.3 Å². The van der Waals surface area contributed by atoms with Crippen molar-refractivity contribution in [3.05, 3.63) is 21.6 Å². The average Bonchev–Trinajstić information content (AvgIpc) is 2.40.